The second kappa shape index (κ2) is 4.66. The summed E-state index contributed by atoms with van der Waals surface area (Å²) in [4.78, 5) is 4.52. The summed E-state index contributed by atoms with van der Waals surface area (Å²) in [5.41, 5.74) is 7.57. The first kappa shape index (κ1) is 13.0. The number of fused-ring (bicyclic) bond motifs is 1. The lowest BCUT2D eigenvalue weighted by molar-refractivity contribution is 0.393. The van der Waals surface area contributed by atoms with Gasteiger partial charge in [-0.3, -0.25) is 9.67 Å². The first-order valence-corrected chi connectivity index (χ1v) is 7.26. The zero-order chi connectivity index (χ0) is 15.3. The van der Waals surface area contributed by atoms with Gasteiger partial charge in [-0.05, 0) is 43.2 Å². The predicted molar refractivity (Wildman–Crippen MR) is 85.5 cm³/mol. The van der Waals surface area contributed by atoms with Crippen LogP contribution < -0.4 is 0 Å². The van der Waals surface area contributed by atoms with Crippen molar-refractivity contribution < 1.29 is 4.52 Å². The van der Waals surface area contributed by atoms with Crippen molar-refractivity contribution >= 4 is 11.9 Å². The summed E-state index contributed by atoms with van der Waals surface area (Å²) in [7, 11) is 1.95. The molecule has 1 aliphatic heterocycles. The first-order valence-electron chi connectivity index (χ1n) is 7.26. The van der Waals surface area contributed by atoms with Crippen LogP contribution in [0.25, 0.3) is 22.4 Å². The molecule has 110 valence electrons. The second-order valence-electron chi connectivity index (χ2n) is 5.58. The van der Waals surface area contributed by atoms with E-state index in [9.17, 15) is 0 Å². The van der Waals surface area contributed by atoms with Crippen LogP contribution in [0.2, 0.25) is 0 Å². The van der Waals surface area contributed by atoms with Crippen molar-refractivity contribution in [1.29, 1.82) is 0 Å². The molecule has 0 amide bonds. The van der Waals surface area contributed by atoms with Crippen molar-refractivity contribution in [3.05, 3.63) is 41.4 Å². The summed E-state index contributed by atoms with van der Waals surface area (Å²) >= 11 is 0. The molecule has 0 unspecified atom stereocenters. The van der Waals surface area contributed by atoms with Gasteiger partial charge < -0.3 is 4.52 Å². The second-order valence-corrected chi connectivity index (χ2v) is 5.58. The van der Waals surface area contributed by atoms with Gasteiger partial charge >= 0.3 is 0 Å². The zero-order valence-corrected chi connectivity index (χ0v) is 12.8. The van der Waals surface area contributed by atoms with Crippen molar-refractivity contribution in [3.8, 4) is 22.4 Å². The van der Waals surface area contributed by atoms with E-state index in [0.29, 0.717) is 0 Å². The summed E-state index contributed by atoms with van der Waals surface area (Å²) in [6, 6.07) is 6.33. The third-order valence-corrected chi connectivity index (χ3v) is 4.17. The molecule has 0 spiro atoms. The Morgan fingerprint density at radius 3 is 2.77 bits per heavy atom. The number of aromatic nitrogens is 3. The SMILES string of the molecule is Cc1noc(C)c1-c1cc(-c2ccnn2C)cc2c1CC=N2. The third kappa shape index (κ3) is 1.82. The molecule has 1 aromatic carbocycles. The highest BCUT2D eigenvalue weighted by atomic mass is 16.5. The van der Waals surface area contributed by atoms with Gasteiger partial charge in [0.2, 0.25) is 0 Å². The fraction of sp³-hybridized carbons (Fsp3) is 0.235. The molecule has 1 aliphatic rings. The molecule has 3 aromatic rings. The van der Waals surface area contributed by atoms with E-state index in [4.69, 9.17) is 4.52 Å². The third-order valence-electron chi connectivity index (χ3n) is 4.17. The molecule has 4 rings (SSSR count). The van der Waals surface area contributed by atoms with Crippen molar-refractivity contribution in [2.45, 2.75) is 20.3 Å². The molecule has 5 nitrogen and oxygen atoms in total. The minimum Gasteiger partial charge on any atom is -0.361 e. The topological polar surface area (TPSA) is 56.2 Å². The van der Waals surface area contributed by atoms with Crippen LogP contribution in [-0.2, 0) is 13.5 Å². The van der Waals surface area contributed by atoms with Gasteiger partial charge in [0.1, 0.15) is 5.76 Å². The highest BCUT2D eigenvalue weighted by Crippen LogP contribution is 2.40. The average molecular weight is 292 g/mol. The lowest BCUT2D eigenvalue weighted by Gasteiger charge is -2.11. The van der Waals surface area contributed by atoms with Crippen LogP contribution in [-0.4, -0.2) is 21.2 Å². The smallest absolute Gasteiger partial charge is 0.141 e. The van der Waals surface area contributed by atoms with E-state index in [1.807, 2.05) is 37.9 Å². The Bertz CT molecular complexity index is 882. The molecule has 0 radical (unpaired) electrons. The molecule has 0 saturated carbocycles. The Kier molecular flexibility index (Phi) is 2.76. The van der Waals surface area contributed by atoms with Gasteiger partial charge in [0.25, 0.3) is 0 Å². The minimum atomic E-state index is 0.841. The van der Waals surface area contributed by atoms with Crippen molar-refractivity contribution in [2.24, 2.45) is 12.0 Å². The quantitative estimate of drug-likeness (QED) is 0.725. The number of benzene rings is 1. The summed E-state index contributed by atoms with van der Waals surface area (Å²) in [5, 5.41) is 8.36. The molecule has 0 N–H and O–H groups in total. The van der Waals surface area contributed by atoms with Crippen molar-refractivity contribution in [1.82, 2.24) is 14.9 Å². The Morgan fingerprint density at radius 1 is 1.23 bits per heavy atom. The van der Waals surface area contributed by atoms with Gasteiger partial charge in [0, 0.05) is 37.0 Å². The summed E-state index contributed by atoms with van der Waals surface area (Å²) < 4.78 is 7.23. The average Bonchev–Trinajstić information content (AvgIpc) is 3.19. The van der Waals surface area contributed by atoms with Crippen LogP contribution in [0.1, 0.15) is 17.0 Å². The molecule has 0 fully saturated rings. The molecule has 0 saturated heterocycles. The number of nitrogens with zero attached hydrogens (tertiary/aromatic N) is 4. The van der Waals surface area contributed by atoms with Gasteiger partial charge in [-0.2, -0.15) is 5.10 Å². The molecule has 5 heteroatoms. The first-order chi connectivity index (χ1) is 10.6. The van der Waals surface area contributed by atoms with E-state index in [0.717, 1.165) is 45.9 Å². The van der Waals surface area contributed by atoms with Gasteiger partial charge in [0.05, 0.1) is 17.1 Å². The van der Waals surface area contributed by atoms with Crippen molar-refractivity contribution in [3.63, 3.8) is 0 Å². The van der Waals surface area contributed by atoms with Gasteiger partial charge in [-0.15, -0.1) is 0 Å². The summed E-state index contributed by atoms with van der Waals surface area (Å²) in [6.07, 6.45) is 4.61. The van der Waals surface area contributed by atoms with Crippen LogP contribution in [0.15, 0.2) is 33.9 Å². The maximum atomic E-state index is 5.36. The lowest BCUT2D eigenvalue weighted by Crippen LogP contribution is -1.96. The Balaban J connectivity index is 2.00. The molecule has 0 bridgehead atoms. The maximum Gasteiger partial charge on any atom is 0.141 e. The highest BCUT2D eigenvalue weighted by molar-refractivity contribution is 5.88. The van der Waals surface area contributed by atoms with Crippen molar-refractivity contribution in [2.75, 3.05) is 0 Å². The highest BCUT2D eigenvalue weighted by Gasteiger charge is 2.21. The van der Waals surface area contributed by atoms with Crippen LogP contribution in [0.4, 0.5) is 5.69 Å². The summed E-state index contributed by atoms with van der Waals surface area (Å²) in [6.45, 7) is 3.93. The Labute approximate surface area is 128 Å². The standard InChI is InChI=1S/C17H16N4O/c1-10-17(11(2)22-20-10)14-8-12(16-5-7-19-21(16)3)9-15-13(14)4-6-18-15/h5-9H,4H2,1-3H3. The van der Waals surface area contributed by atoms with E-state index in [-0.39, 0.29) is 0 Å². The number of hydrogen-bond acceptors (Lipinski definition) is 4. The number of rotatable bonds is 2. The van der Waals surface area contributed by atoms with Gasteiger partial charge in [-0.25, -0.2) is 0 Å². The van der Waals surface area contributed by atoms with E-state index in [1.54, 1.807) is 6.20 Å². The zero-order valence-electron chi connectivity index (χ0n) is 12.8. The largest absolute Gasteiger partial charge is 0.361 e. The van der Waals surface area contributed by atoms with E-state index < -0.39 is 0 Å². The minimum absolute atomic E-state index is 0.841. The monoisotopic (exact) mass is 292 g/mol. The normalized spacial score (nSPS) is 12.9. The molecule has 2 aromatic heterocycles. The number of aryl methyl sites for hydroxylation is 3. The fourth-order valence-electron chi connectivity index (χ4n) is 3.12. The Hall–Kier alpha value is -2.69. The predicted octanol–water partition coefficient (Wildman–Crippen LogP) is 3.62. The van der Waals surface area contributed by atoms with Crippen LogP contribution >= 0.6 is 0 Å². The molecule has 0 atom stereocenters. The maximum absolute atomic E-state index is 5.36. The van der Waals surface area contributed by atoms with Crippen LogP contribution in [0.5, 0.6) is 0 Å². The molecule has 22 heavy (non-hydrogen) atoms. The van der Waals surface area contributed by atoms with Gasteiger partial charge in [-0.1, -0.05) is 5.16 Å². The van der Waals surface area contributed by atoms with E-state index >= 15 is 0 Å². The number of aliphatic imine (C=N–C) groups is 1. The van der Waals surface area contributed by atoms with E-state index in [1.165, 1.54) is 5.56 Å². The van der Waals surface area contributed by atoms with Crippen LogP contribution in [0.3, 0.4) is 0 Å². The fourth-order valence-corrected chi connectivity index (χ4v) is 3.12. The molecular formula is C17H16N4O. The molecular weight excluding hydrogens is 276 g/mol. The molecule has 3 heterocycles. The molecule has 0 aliphatic carbocycles. The van der Waals surface area contributed by atoms with Gasteiger partial charge in [0.15, 0.2) is 0 Å². The van der Waals surface area contributed by atoms with Crippen LogP contribution in [0, 0.1) is 13.8 Å². The van der Waals surface area contributed by atoms with E-state index in [2.05, 4.69) is 27.4 Å². The lowest BCUT2D eigenvalue weighted by atomic mass is 9.93. The Morgan fingerprint density at radius 2 is 2.09 bits per heavy atom. The number of hydrogen-bond donors (Lipinski definition) is 0. The summed E-state index contributed by atoms with van der Waals surface area (Å²) in [5.74, 6) is 0.841.